The molecule has 1 aliphatic rings. The summed E-state index contributed by atoms with van der Waals surface area (Å²) in [6.07, 6.45) is 4.49. The van der Waals surface area contributed by atoms with Crippen molar-refractivity contribution in [1.29, 1.82) is 0 Å². The monoisotopic (exact) mass is 535 g/mol. The third kappa shape index (κ3) is 6.76. The van der Waals surface area contributed by atoms with Crippen molar-refractivity contribution in [3.63, 3.8) is 0 Å². The number of aromatic nitrogens is 2. The predicted octanol–water partition coefficient (Wildman–Crippen LogP) is 4.62. The highest BCUT2D eigenvalue weighted by Gasteiger charge is 2.27. The molecular weight excluding hydrogens is 498 g/mol. The van der Waals surface area contributed by atoms with Crippen molar-refractivity contribution in [3.8, 4) is 0 Å². The number of methoxy groups -OCH3 is 1. The summed E-state index contributed by atoms with van der Waals surface area (Å²) in [6, 6.07) is 10.7. The van der Waals surface area contributed by atoms with E-state index >= 15 is 0 Å². The lowest BCUT2D eigenvalue weighted by Gasteiger charge is -2.42. The van der Waals surface area contributed by atoms with Gasteiger partial charge in [0.2, 0.25) is 0 Å². The standard InChI is InChI=1S/C29H37N5O3S/c1-20(9-13-30-28(35)27-21(2)31-19-32-22(27)3)33-14-10-26(11-15-33)34(17-23-12-16-38-18-23)25-7-5-24(6-8-25)29(36)37-4/h5-8,12,16,18-20,26H,9-11,13-15,17H2,1-4H3,(H,30,35). The van der Waals surface area contributed by atoms with Crippen molar-refractivity contribution in [2.24, 2.45) is 0 Å². The Labute approximate surface area is 229 Å². The van der Waals surface area contributed by atoms with Crippen molar-refractivity contribution < 1.29 is 14.3 Å². The molecule has 0 saturated carbocycles. The van der Waals surface area contributed by atoms with Crippen LogP contribution in [-0.4, -0.2) is 65.6 Å². The van der Waals surface area contributed by atoms with Gasteiger partial charge in [-0.15, -0.1) is 0 Å². The molecular formula is C29H37N5O3S. The number of aryl methyl sites for hydroxylation is 2. The molecule has 1 atom stereocenters. The fourth-order valence-electron chi connectivity index (χ4n) is 5.14. The molecule has 38 heavy (non-hydrogen) atoms. The summed E-state index contributed by atoms with van der Waals surface area (Å²) in [6.45, 7) is 9.38. The van der Waals surface area contributed by atoms with Gasteiger partial charge in [-0.25, -0.2) is 14.8 Å². The number of hydrogen-bond donors (Lipinski definition) is 1. The minimum Gasteiger partial charge on any atom is -0.465 e. The minimum atomic E-state index is -0.318. The first kappa shape index (κ1) is 27.7. The first-order chi connectivity index (χ1) is 18.4. The third-order valence-corrected chi connectivity index (χ3v) is 8.15. The number of esters is 1. The predicted molar refractivity (Wildman–Crippen MR) is 151 cm³/mol. The molecule has 0 spiro atoms. The lowest BCUT2D eigenvalue weighted by molar-refractivity contribution is 0.0600. The molecule has 1 aromatic carbocycles. The first-order valence-electron chi connectivity index (χ1n) is 13.1. The molecule has 8 nitrogen and oxygen atoms in total. The third-order valence-electron chi connectivity index (χ3n) is 7.42. The Kier molecular flexibility index (Phi) is 9.47. The Bertz CT molecular complexity index is 1190. The Morgan fingerprint density at radius 2 is 1.82 bits per heavy atom. The summed E-state index contributed by atoms with van der Waals surface area (Å²) in [5.41, 5.74) is 4.97. The Morgan fingerprint density at radius 3 is 2.42 bits per heavy atom. The van der Waals surface area contributed by atoms with Crippen LogP contribution in [0.25, 0.3) is 0 Å². The van der Waals surface area contributed by atoms with Gasteiger partial charge in [-0.05, 0) is 86.7 Å². The van der Waals surface area contributed by atoms with Crippen LogP contribution in [0, 0.1) is 13.8 Å². The van der Waals surface area contributed by atoms with Crippen LogP contribution in [0.3, 0.4) is 0 Å². The summed E-state index contributed by atoms with van der Waals surface area (Å²) < 4.78 is 4.86. The minimum absolute atomic E-state index is 0.103. The average molecular weight is 536 g/mol. The van der Waals surface area contributed by atoms with Crippen molar-refractivity contribution >= 4 is 28.9 Å². The molecule has 1 amide bonds. The lowest BCUT2D eigenvalue weighted by Crippen LogP contribution is -2.48. The summed E-state index contributed by atoms with van der Waals surface area (Å²) in [5.74, 6) is -0.421. The van der Waals surface area contributed by atoms with Gasteiger partial charge in [0, 0.05) is 44.0 Å². The van der Waals surface area contributed by atoms with Crippen LogP contribution in [0.1, 0.15) is 63.9 Å². The van der Waals surface area contributed by atoms with E-state index in [0.29, 0.717) is 41.1 Å². The zero-order chi connectivity index (χ0) is 27.1. The highest BCUT2D eigenvalue weighted by molar-refractivity contribution is 7.07. The number of hydrogen-bond acceptors (Lipinski definition) is 8. The maximum Gasteiger partial charge on any atom is 0.337 e. The number of carbonyl (C=O) groups excluding carboxylic acids is 2. The second-order valence-corrected chi connectivity index (χ2v) is 10.7. The van der Waals surface area contributed by atoms with Gasteiger partial charge in [0.25, 0.3) is 5.91 Å². The quantitative estimate of drug-likeness (QED) is 0.379. The molecule has 1 fully saturated rings. The fraction of sp³-hybridized carbons (Fsp3) is 0.448. The smallest absolute Gasteiger partial charge is 0.337 e. The van der Waals surface area contributed by atoms with Crippen LogP contribution in [0.5, 0.6) is 0 Å². The van der Waals surface area contributed by atoms with Gasteiger partial charge < -0.3 is 19.9 Å². The number of anilines is 1. The number of ether oxygens (including phenoxy) is 1. The largest absolute Gasteiger partial charge is 0.465 e. The number of piperidine rings is 1. The van der Waals surface area contributed by atoms with Gasteiger partial charge in [0.15, 0.2) is 0 Å². The van der Waals surface area contributed by atoms with Crippen LogP contribution in [0.4, 0.5) is 5.69 Å². The van der Waals surface area contributed by atoms with E-state index in [1.165, 1.54) is 19.0 Å². The zero-order valence-corrected chi connectivity index (χ0v) is 23.5. The molecule has 4 rings (SSSR count). The van der Waals surface area contributed by atoms with E-state index in [1.54, 1.807) is 11.3 Å². The molecule has 1 aliphatic heterocycles. The van der Waals surface area contributed by atoms with Crippen LogP contribution in [-0.2, 0) is 11.3 Å². The molecule has 9 heteroatoms. The lowest BCUT2D eigenvalue weighted by atomic mass is 9.99. The summed E-state index contributed by atoms with van der Waals surface area (Å²) in [4.78, 5) is 37.9. The number of rotatable bonds is 10. The van der Waals surface area contributed by atoms with E-state index in [9.17, 15) is 9.59 Å². The van der Waals surface area contributed by atoms with E-state index in [4.69, 9.17) is 4.74 Å². The van der Waals surface area contributed by atoms with Crippen molar-refractivity contribution in [3.05, 3.63) is 75.5 Å². The molecule has 0 aliphatic carbocycles. The van der Waals surface area contributed by atoms with Crippen LogP contribution < -0.4 is 10.2 Å². The van der Waals surface area contributed by atoms with Gasteiger partial charge in [-0.3, -0.25) is 4.79 Å². The Hall–Kier alpha value is -3.30. The highest BCUT2D eigenvalue weighted by atomic mass is 32.1. The van der Waals surface area contributed by atoms with Crippen molar-refractivity contribution in [1.82, 2.24) is 20.2 Å². The van der Waals surface area contributed by atoms with Crippen LogP contribution in [0.15, 0.2) is 47.4 Å². The molecule has 1 saturated heterocycles. The van der Waals surface area contributed by atoms with E-state index in [-0.39, 0.29) is 11.9 Å². The molecule has 1 unspecified atom stereocenters. The molecule has 3 aromatic rings. The molecule has 3 heterocycles. The normalized spacial score (nSPS) is 15.2. The van der Waals surface area contributed by atoms with Gasteiger partial charge in [-0.2, -0.15) is 11.3 Å². The van der Waals surface area contributed by atoms with Crippen molar-refractivity contribution in [2.45, 2.75) is 58.7 Å². The number of carbonyl (C=O) groups is 2. The van der Waals surface area contributed by atoms with Crippen LogP contribution >= 0.6 is 11.3 Å². The summed E-state index contributed by atoms with van der Waals surface area (Å²) in [7, 11) is 1.40. The number of amides is 1. The van der Waals surface area contributed by atoms with E-state index in [1.807, 2.05) is 38.1 Å². The second-order valence-electron chi connectivity index (χ2n) is 9.88. The number of thiophene rings is 1. The maximum atomic E-state index is 12.7. The number of nitrogens with one attached hydrogen (secondary N) is 1. The van der Waals surface area contributed by atoms with Gasteiger partial charge in [-0.1, -0.05) is 0 Å². The number of benzene rings is 1. The second kappa shape index (κ2) is 13.0. The molecule has 0 radical (unpaired) electrons. The summed E-state index contributed by atoms with van der Waals surface area (Å²) >= 11 is 1.71. The zero-order valence-electron chi connectivity index (χ0n) is 22.6. The number of nitrogens with zero attached hydrogens (tertiary/aromatic N) is 4. The SMILES string of the molecule is COC(=O)c1ccc(N(Cc2ccsc2)C2CCN(C(C)CCNC(=O)c3c(C)ncnc3C)CC2)cc1. The van der Waals surface area contributed by atoms with Gasteiger partial charge in [0.1, 0.15) is 6.33 Å². The number of likely N-dealkylation sites (tertiary alicyclic amines) is 1. The van der Waals surface area contributed by atoms with Gasteiger partial charge in [0.05, 0.1) is 29.6 Å². The Balaban J connectivity index is 1.33. The van der Waals surface area contributed by atoms with Gasteiger partial charge >= 0.3 is 5.97 Å². The van der Waals surface area contributed by atoms with E-state index in [0.717, 1.165) is 44.6 Å². The highest BCUT2D eigenvalue weighted by Crippen LogP contribution is 2.28. The summed E-state index contributed by atoms with van der Waals surface area (Å²) in [5, 5.41) is 7.37. The van der Waals surface area contributed by atoms with Crippen molar-refractivity contribution in [2.75, 3.05) is 31.6 Å². The van der Waals surface area contributed by atoms with E-state index in [2.05, 4.69) is 48.8 Å². The molecule has 0 bridgehead atoms. The Morgan fingerprint density at radius 1 is 1.13 bits per heavy atom. The fourth-order valence-corrected chi connectivity index (χ4v) is 5.80. The molecule has 202 valence electrons. The first-order valence-corrected chi connectivity index (χ1v) is 14.1. The maximum absolute atomic E-state index is 12.7. The van der Waals surface area contributed by atoms with Crippen LogP contribution in [0.2, 0.25) is 0 Å². The molecule has 2 aromatic heterocycles. The molecule has 1 N–H and O–H groups in total. The van der Waals surface area contributed by atoms with E-state index < -0.39 is 0 Å². The topological polar surface area (TPSA) is 87.7 Å². The average Bonchev–Trinajstić information content (AvgIpc) is 3.45.